The molecule has 0 bridgehead atoms. The molecular formula is C20H18ClN5O2S. The third-order valence-electron chi connectivity index (χ3n) is 4.29. The van der Waals surface area contributed by atoms with Gasteiger partial charge in [0.1, 0.15) is 5.75 Å². The van der Waals surface area contributed by atoms with Crippen molar-refractivity contribution in [3.05, 3.63) is 58.9 Å². The van der Waals surface area contributed by atoms with E-state index in [0.717, 1.165) is 17.5 Å². The van der Waals surface area contributed by atoms with Gasteiger partial charge in [0.15, 0.2) is 5.82 Å². The summed E-state index contributed by atoms with van der Waals surface area (Å²) in [6.07, 6.45) is 0.994. The van der Waals surface area contributed by atoms with Crippen LogP contribution < -0.4 is 4.74 Å². The van der Waals surface area contributed by atoms with Crippen LogP contribution in [0.3, 0.4) is 0 Å². The van der Waals surface area contributed by atoms with Gasteiger partial charge >= 0.3 is 0 Å². The lowest BCUT2D eigenvalue weighted by Crippen LogP contribution is -1.89. The Morgan fingerprint density at radius 2 is 1.97 bits per heavy atom. The van der Waals surface area contributed by atoms with Crippen molar-refractivity contribution in [3.63, 3.8) is 0 Å². The SMILES string of the molecule is CCc1ccc(-c2noc(CSc3n[nH]c(-c4cc(Cl)ccc4OC)n3)n2)cc1. The van der Waals surface area contributed by atoms with E-state index < -0.39 is 0 Å². The normalized spacial score (nSPS) is 11.0. The summed E-state index contributed by atoms with van der Waals surface area (Å²) in [4.78, 5) is 8.95. The molecule has 0 saturated carbocycles. The van der Waals surface area contributed by atoms with Crippen molar-refractivity contribution in [2.45, 2.75) is 24.3 Å². The van der Waals surface area contributed by atoms with Gasteiger partial charge < -0.3 is 9.26 Å². The van der Waals surface area contributed by atoms with E-state index in [0.29, 0.717) is 39.2 Å². The van der Waals surface area contributed by atoms with Crippen molar-refractivity contribution >= 4 is 23.4 Å². The molecule has 1 N–H and O–H groups in total. The Labute approximate surface area is 176 Å². The van der Waals surface area contributed by atoms with E-state index in [2.05, 4.69) is 44.4 Å². The van der Waals surface area contributed by atoms with E-state index in [9.17, 15) is 0 Å². The first-order valence-corrected chi connectivity index (χ1v) is 10.3. The number of rotatable bonds is 7. The van der Waals surface area contributed by atoms with Gasteiger partial charge in [-0.05, 0) is 30.2 Å². The summed E-state index contributed by atoms with van der Waals surface area (Å²) in [7, 11) is 1.60. The second-order valence-electron chi connectivity index (χ2n) is 6.16. The number of nitrogens with one attached hydrogen (secondary N) is 1. The van der Waals surface area contributed by atoms with E-state index in [1.165, 1.54) is 17.3 Å². The zero-order valence-electron chi connectivity index (χ0n) is 15.8. The van der Waals surface area contributed by atoms with Gasteiger partial charge in [-0.25, -0.2) is 4.98 Å². The molecule has 0 aliphatic rings. The first kappa shape index (κ1) is 19.5. The average Bonchev–Trinajstić information content (AvgIpc) is 3.42. The molecule has 9 heteroatoms. The van der Waals surface area contributed by atoms with Crippen LogP contribution in [0.4, 0.5) is 0 Å². The Morgan fingerprint density at radius 1 is 1.14 bits per heavy atom. The number of hydrogen-bond acceptors (Lipinski definition) is 7. The predicted molar refractivity (Wildman–Crippen MR) is 112 cm³/mol. The van der Waals surface area contributed by atoms with Crippen LogP contribution in [-0.2, 0) is 12.2 Å². The third kappa shape index (κ3) is 4.44. The van der Waals surface area contributed by atoms with Crippen molar-refractivity contribution in [1.29, 1.82) is 0 Å². The number of thioether (sulfide) groups is 1. The van der Waals surface area contributed by atoms with E-state index >= 15 is 0 Å². The fourth-order valence-corrected chi connectivity index (χ4v) is 3.55. The van der Waals surface area contributed by atoms with Gasteiger partial charge in [-0.2, -0.15) is 4.98 Å². The minimum Gasteiger partial charge on any atom is -0.496 e. The van der Waals surface area contributed by atoms with Crippen LogP contribution in [0.25, 0.3) is 22.8 Å². The molecule has 0 amide bonds. The molecule has 0 aliphatic heterocycles. The summed E-state index contributed by atoms with van der Waals surface area (Å²) in [5.74, 6) is 2.79. The highest BCUT2D eigenvalue weighted by molar-refractivity contribution is 7.98. The number of H-pyrrole nitrogens is 1. The first-order chi connectivity index (χ1) is 14.2. The molecular weight excluding hydrogens is 410 g/mol. The molecule has 4 rings (SSSR count). The highest BCUT2D eigenvalue weighted by Crippen LogP contribution is 2.31. The number of nitrogens with zero attached hydrogens (tertiary/aromatic N) is 4. The predicted octanol–water partition coefficient (Wildman–Crippen LogP) is 5.04. The van der Waals surface area contributed by atoms with Gasteiger partial charge in [0.25, 0.3) is 0 Å². The van der Waals surface area contributed by atoms with Crippen LogP contribution in [-0.4, -0.2) is 32.4 Å². The molecule has 2 aromatic heterocycles. The quantitative estimate of drug-likeness (QED) is 0.413. The van der Waals surface area contributed by atoms with Crippen LogP contribution >= 0.6 is 23.4 Å². The van der Waals surface area contributed by atoms with E-state index in [1.54, 1.807) is 25.3 Å². The molecule has 0 radical (unpaired) electrons. The summed E-state index contributed by atoms with van der Waals surface area (Å²) < 4.78 is 10.7. The summed E-state index contributed by atoms with van der Waals surface area (Å²) >= 11 is 7.49. The maximum atomic E-state index is 6.09. The fourth-order valence-electron chi connectivity index (χ4n) is 2.74. The Bertz CT molecular complexity index is 1110. The molecule has 29 heavy (non-hydrogen) atoms. The second-order valence-corrected chi connectivity index (χ2v) is 7.54. The molecule has 0 unspecified atom stereocenters. The molecule has 148 valence electrons. The lowest BCUT2D eigenvalue weighted by Gasteiger charge is -2.05. The minimum atomic E-state index is 0.462. The number of aromatic amines is 1. The van der Waals surface area contributed by atoms with Crippen molar-refractivity contribution in [1.82, 2.24) is 25.3 Å². The molecule has 2 heterocycles. The highest BCUT2D eigenvalue weighted by atomic mass is 35.5. The largest absolute Gasteiger partial charge is 0.496 e. The van der Waals surface area contributed by atoms with Gasteiger partial charge in [-0.15, -0.1) is 5.10 Å². The van der Waals surface area contributed by atoms with E-state index in [1.807, 2.05) is 12.1 Å². The first-order valence-electron chi connectivity index (χ1n) is 8.97. The smallest absolute Gasteiger partial charge is 0.237 e. The molecule has 4 aromatic rings. The minimum absolute atomic E-state index is 0.462. The van der Waals surface area contributed by atoms with Crippen molar-refractivity contribution in [3.8, 4) is 28.5 Å². The topological polar surface area (TPSA) is 89.7 Å². The van der Waals surface area contributed by atoms with Gasteiger partial charge in [-0.1, -0.05) is 59.7 Å². The summed E-state index contributed by atoms with van der Waals surface area (Å²) in [5.41, 5.74) is 2.94. The standard InChI is InChI=1S/C20H18ClN5O2S/c1-3-12-4-6-13(7-5-12)18-22-17(28-26-18)11-29-20-23-19(24-25-20)15-10-14(21)8-9-16(15)27-2/h4-10H,3,11H2,1-2H3,(H,23,24,25). The van der Waals surface area contributed by atoms with Gasteiger partial charge in [-0.3, -0.25) is 5.10 Å². The van der Waals surface area contributed by atoms with Gasteiger partial charge in [0, 0.05) is 10.6 Å². The molecule has 0 atom stereocenters. The number of benzene rings is 2. The lowest BCUT2D eigenvalue weighted by molar-refractivity contribution is 0.391. The Kier molecular flexibility index (Phi) is 5.82. The van der Waals surface area contributed by atoms with Crippen LogP contribution in [0.15, 0.2) is 52.1 Å². The van der Waals surface area contributed by atoms with Crippen molar-refractivity contribution in [2.75, 3.05) is 7.11 Å². The zero-order valence-corrected chi connectivity index (χ0v) is 17.4. The monoisotopic (exact) mass is 427 g/mol. The maximum Gasteiger partial charge on any atom is 0.237 e. The number of aryl methyl sites for hydroxylation is 1. The van der Waals surface area contributed by atoms with Crippen LogP contribution in [0, 0.1) is 0 Å². The van der Waals surface area contributed by atoms with Crippen molar-refractivity contribution < 1.29 is 9.26 Å². The number of hydrogen-bond donors (Lipinski definition) is 1. The summed E-state index contributed by atoms with van der Waals surface area (Å²) in [6, 6.07) is 13.5. The summed E-state index contributed by atoms with van der Waals surface area (Å²) in [5, 5.41) is 12.4. The third-order valence-corrected chi connectivity index (χ3v) is 5.36. The highest BCUT2D eigenvalue weighted by Gasteiger charge is 2.14. The molecule has 0 saturated heterocycles. The van der Waals surface area contributed by atoms with Crippen LogP contribution in [0.5, 0.6) is 5.75 Å². The molecule has 0 aliphatic carbocycles. The Hall–Kier alpha value is -2.84. The number of methoxy groups -OCH3 is 1. The van der Waals surface area contributed by atoms with Gasteiger partial charge in [0.2, 0.25) is 16.9 Å². The Morgan fingerprint density at radius 3 is 2.72 bits per heavy atom. The Balaban J connectivity index is 1.44. The lowest BCUT2D eigenvalue weighted by atomic mass is 10.1. The number of halogens is 1. The van der Waals surface area contributed by atoms with Crippen molar-refractivity contribution in [2.24, 2.45) is 0 Å². The number of ether oxygens (including phenoxy) is 1. The maximum absolute atomic E-state index is 6.09. The van der Waals surface area contributed by atoms with Gasteiger partial charge in [0.05, 0.1) is 18.4 Å². The zero-order chi connectivity index (χ0) is 20.2. The number of aromatic nitrogens is 5. The molecule has 0 fully saturated rings. The molecule has 7 nitrogen and oxygen atoms in total. The molecule has 0 spiro atoms. The van der Waals surface area contributed by atoms with Crippen LogP contribution in [0.2, 0.25) is 5.02 Å². The second kappa shape index (κ2) is 8.67. The summed E-state index contributed by atoms with van der Waals surface area (Å²) in [6.45, 7) is 2.12. The van der Waals surface area contributed by atoms with E-state index in [-0.39, 0.29) is 0 Å². The van der Waals surface area contributed by atoms with Crippen LogP contribution in [0.1, 0.15) is 18.4 Å². The fraction of sp³-hybridized carbons (Fsp3) is 0.200. The molecule has 2 aromatic carbocycles. The van der Waals surface area contributed by atoms with E-state index in [4.69, 9.17) is 20.9 Å². The average molecular weight is 428 g/mol.